The number of benzene rings is 2. The van der Waals surface area contributed by atoms with Crippen LogP contribution < -0.4 is 4.74 Å². The first kappa shape index (κ1) is 18.5. The summed E-state index contributed by atoms with van der Waals surface area (Å²) in [5.74, 6) is -0.0801. The fraction of sp³-hybridized carbons (Fsp3) is 0.235. The Morgan fingerprint density at radius 1 is 1.12 bits per heavy atom. The molecule has 24 heavy (non-hydrogen) atoms. The number of rotatable bonds is 6. The summed E-state index contributed by atoms with van der Waals surface area (Å²) in [6, 6.07) is 11.2. The van der Waals surface area contributed by atoms with E-state index in [9.17, 15) is 13.6 Å². The first-order valence-electron chi connectivity index (χ1n) is 7.07. The van der Waals surface area contributed by atoms with Crippen LogP contribution in [0, 0.1) is 0 Å². The molecule has 0 N–H and O–H groups in total. The summed E-state index contributed by atoms with van der Waals surface area (Å²) in [5.41, 5.74) is 1.37. The predicted octanol–water partition coefficient (Wildman–Crippen LogP) is 4.80. The molecule has 0 saturated carbocycles. The van der Waals surface area contributed by atoms with E-state index < -0.39 is 6.61 Å². The van der Waals surface area contributed by atoms with E-state index in [0.717, 1.165) is 5.56 Å². The van der Waals surface area contributed by atoms with Gasteiger partial charge in [-0.1, -0.05) is 41.4 Å². The summed E-state index contributed by atoms with van der Waals surface area (Å²) in [5, 5.41) is 0.885. The van der Waals surface area contributed by atoms with Crippen LogP contribution in [0.25, 0.3) is 0 Å². The molecule has 1 amide bonds. The molecule has 3 nitrogen and oxygen atoms in total. The second kappa shape index (κ2) is 8.31. The third-order valence-electron chi connectivity index (χ3n) is 3.38. The van der Waals surface area contributed by atoms with Crippen LogP contribution in [0.15, 0.2) is 42.5 Å². The van der Waals surface area contributed by atoms with Gasteiger partial charge in [-0.25, -0.2) is 0 Å². The highest BCUT2D eigenvalue weighted by molar-refractivity contribution is 6.36. The Bertz CT molecular complexity index is 688. The van der Waals surface area contributed by atoms with Gasteiger partial charge in [0.2, 0.25) is 5.91 Å². The Kier molecular flexibility index (Phi) is 6.40. The molecule has 0 spiro atoms. The van der Waals surface area contributed by atoms with Gasteiger partial charge in [0, 0.05) is 23.6 Å². The van der Waals surface area contributed by atoms with Crippen LogP contribution in [0.4, 0.5) is 8.78 Å². The lowest BCUT2D eigenvalue weighted by atomic mass is 10.1. The largest absolute Gasteiger partial charge is 0.435 e. The highest BCUT2D eigenvalue weighted by Crippen LogP contribution is 2.25. The average Bonchev–Trinajstić information content (AvgIpc) is 2.52. The smallest absolute Gasteiger partial charge is 0.387 e. The topological polar surface area (TPSA) is 29.5 Å². The monoisotopic (exact) mass is 373 g/mol. The minimum absolute atomic E-state index is 0.0746. The van der Waals surface area contributed by atoms with E-state index in [1.165, 1.54) is 17.0 Å². The fourth-order valence-electron chi connectivity index (χ4n) is 2.13. The van der Waals surface area contributed by atoms with Crippen molar-refractivity contribution in [3.8, 4) is 5.75 Å². The lowest BCUT2D eigenvalue weighted by molar-refractivity contribution is -0.129. The highest BCUT2D eigenvalue weighted by atomic mass is 35.5. The van der Waals surface area contributed by atoms with Crippen molar-refractivity contribution >= 4 is 29.1 Å². The molecule has 0 aromatic heterocycles. The van der Waals surface area contributed by atoms with E-state index >= 15 is 0 Å². The summed E-state index contributed by atoms with van der Waals surface area (Å²) < 4.78 is 28.5. The first-order chi connectivity index (χ1) is 11.4. The van der Waals surface area contributed by atoms with Crippen LogP contribution in [0.5, 0.6) is 5.75 Å². The zero-order valence-corrected chi connectivity index (χ0v) is 14.3. The number of nitrogens with zero attached hydrogens (tertiary/aromatic N) is 1. The number of hydrogen-bond donors (Lipinski definition) is 0. The quantitative estimate of drug-likeness (QED) is 0.727. The second-order valence-corrected chi connectivity index (χ2v) is 5.96. The minimum atomic E-state index is -2.86. The lowest BCUT2D eigenvalue weighted by Crippen LogP contribution is -2.27. The number of carbonyl (C=O) groups is 1. The molecule has 2 aromatic carbocycles. The Morgan fingerprint density at radius 3 is 2.25 bits per heavy atom. The highest BCUT2D eigenvalue weighted by Gasteiger charge is 2.15. The van der Waals surface area contributed by atoms with Gasteiger partial charge in [-0.05, 0) is 35.4 Å². The van der Waals surface area contributed by atoms with E-state index in [-0.39, 0.29) is 18.1 Å². The van der Waals surface area contributed by atoms with Crippen molar-refractivity contribution in [2.45, 2.75) is 19.6 Å². The number of likely N-dealkylation sites (N-methyl/N-ethyl adjacent to an activating group) is 1. The van der Waals surface area contributed by atoms with Crippen molar-refractivity contribution in [2.75, 3.05) is 7.05 Å². The average molecular weight is 374 g/mol. The third kappa shape index (κ3) is 5.08. The van der Waals surface area contributed by atoms with Crippen molar-refractivity contribution < 1.29 is 18.3 Å². The number of carbonyl (C=O) groups excluding carboxylic acids is 1. The van der Waals surface area contributed by atoms with Gasteiger partial charge in [-0.3, -0.25) is 4.79 Å². The van der Waals surface area contributed by atoms with Gasteiger partial charge >= 0.3 is 6.61 Å². The molecule has 0 aliphatic heterocycles. The molecule has 0 radical (unpaired) electrons. The summed E-state index contributed by atoms with van der Waals surface area (Å²) in [6.07, 6.45) is 0.0849. The van der Waals surface area contributed by atoms with Gasteiger partial charge in [0.25, 0.3) is 0 Å². The van der Waals surface area contributed by atoms with Gasteiger partial charge in [0.1, 0.15) is 5.75 Å². The number of hydrogen-bond acceptors (Lipinski definition) is 2. The van der Waals surface area contributed by atoms with Gasteiger partial charge in [-0.15, -0.1) is 0 Å². The first-order valence-corrected chi connectivity index (χ1v) is 7.83. The predicted molar refractivity (Wildman–Crippen MR) is 89.7 cm³/mol. The maximum absolute atomic E-state index is 12.3. The van der Waals surface area contributed by atoms with Gasteiger partial charge in [-0.2, -0.15) is 8.78 Å². The second-order valence-electron chi connectivity index (χ2n) is 5.15. The van der Waals surface area contributed by atoms with Crippen LogP contribution in [-0.4, -0.2) is 24.5 Å². The zero-order chi connectivity index (χ0) is 17.7. The van der Waals surface area contributed by atoms with Crippen molar-refractivity contribution in [1.82, 2.24) is 4.90 Å². The van der Waals surface area contributed by atoms with Crippen LogP contribution >= 0.6 is 23.2 Å². The maximum Gasteiger partial charge on any atom is 0.387 e. The zero-order valence-electron chi connectivity index (χ0n) is 12.8. The minimum Gasteiger partial charge on any atom is -0.435 e. The third-order valence-corrected chi connectivity index (χ3v) is 4.09. The molecule has 7 heteroatoms. The van der Waals surface area contributed by atoms with Crippen LogP contribution in [0.2, 0.25) is 10.0 Å². The molecule has 2 aromatic rings. The van der Waals surface area contributed by atoms with Crippen molar-refractivity contribution in [3.63, 3.8) is 0 Å². The number of alkyl halides is 2. The summed E-state index contributed by atoms with van der Waals surface area (Å²) in [7, 11) is 1.65. The molecular weight excluding hydrogens is 359 g/mol. The van der Waals surface area contributed by atoms with Crippen LogP contribution in [0.1, 0.15) is 11.1 Å². The molecular formula is C17H15Cl2F2NO2. The standard InChI is InChI=1S/C17H15Cl2F2NO2/c1-22(10-11-5-7-12(8-6-11)24-17(20)21)16(23)9-13-14(18)3-2-4-15(13)19/h2-8,17H,9-10H2,1H3. The van der Waals surface area contributed by atoms with E-state index in [4.69, 9.17) is 23.2 Å². The molecule has 0 bridgehead atoms. The van der Waals surface area contributed by atoms with Crippen molar-refractivity contribution in [3.05, 3.63) is 63.6 Å². The number of amides is 1. The molecule has 0 atom stereocenters. The molecule has 0 aliphatic carbocycles. The fourth-order valence-corrected chi connectivity index (χ4v) is 2.66. The lowest BCUT2D eigenvalue weighted by Gasteiger charge is -2.18. The molecule has 0 saturated heterocycles. The summed E-state index contributed by atoms with van der Waals surface area (Å²) in [4.78, 5) is 13.8. The molecule has 0 unspecified atom stereocenters. The van der Waals surface area contributed by atoms with Crippen LogP contribution in [0.3, 0.4) is 0 Å². The molecule has 0 fully saturated rings. The van der Waals surface area contributed by atoms with E-state index in [1.807, 2.05) is 0 Å². The Labute approximate surface area is 148 Å². The van der Waals surface area contributed by atoms with Gasteiger partial charge in [0.15, 0.2) is 0 Å². The van der Waals surface area contributed by atoms with E-state index in [0.29, 0.717) is 22.2 Å². The van der Waals surface area contributed by atoms with E-state index in [2.05, 4.69) is 4.74 Å². The number of halogens is 4. The molecule has 0 aliphatic rings. The van der Waals surface area contributed by atoms with Gasteiger partial charge in [0.05, 0.1) is 6.42 Å². The normalized spacial score (nSPS) is 10.8. The SMILES string of the molecule is CN(Cc1ccc(OC(F)F)cc1)C(=O)Cc1c(Cl)cccc1Cl. The van der Waals surface area contributed by atoms with Crippen molar-refractivity contribution in [1.29, 1.82) is 0 Å². The molecule has 128 valence electrons. The van der Waals surface area contributed by atoms with Gasteiger partial charge < -0.3 is 9.64 Å². The maximum atomic E-state index is 12.3. The van der Waals surface area contributed by atoms with Crippen LogP contribution in [-0.2, 0) is 17.8 Å². The Balaban J connectivity index is 1.98. The Morgan fingerprint density at radius 2 is 1.71 bits per heavy atom. The van der Waals surface area contributed by atoms with E-state index in [1.54, 1.807) is 37.4 Å². The molecule has 2 rings (SSSR count). The summed E-state index contributed by atoms with van der Waals surface area (Å²) in [6.45, 7) is -2.53. The Hall–Kier alpha value is -1.85. The number of ether oxygens (including phenoxy) is 1. The van der Waals surface area contributed by atoms with Crippen molar-refractivity contribution in [2.24, 2.45) is 0 Å². The molecule has 0 heterocycles. The summed E-state index contributed by atoms with van der Waals surface area (Å²) >= 11 is 12.1.